The molecule has 0 aliphatic carbocycles. The Hall–Kier alpha value is 0.870. The Morgan fingerprint density at radius 2 is 1.83 bits per heavy atom. The summed E-state index contributed by atoms with van der Waals surface area (Å²) in [6.07, 6.45) is 4.01. The molecule has 0 aliphatic rings. The van der Waals surface area contributed by atoms with Crippen LogP contribution in [-0.2, 0) is 10.3 Å². The van der Waals surface area contributed by atoms with E-state index in [-0.39, 0.29) is 29.6 Å². The maximum absolute atomic E-state index is 10.1. The third-order valence-corrected chi connectivity index (χ3v) is 1.88. The van der Waals surface area contributed by atoms with E-state index in [4.69, 9.17) is 4.55 Å². The summed E-state index contributed by atoms with van der Waals surface area (Å²) in [5, 5.41) is 0. The van der Waals surface area contributed by atoms with Gasteiger partial charge in [0.15, 0.2) is 0 Å². The molecule has 0 fully saturated rings. The van der Waals surface area contributed by atoms with Gasteiger partial charge in [-0.25, -0.2) is 0 Å². The predicted molar refractivity (Wildman–Crippen MR) is 49.4 cm³/mol. The molecule has 6 heteroatoms. The van der Waals surface area contributed by atoms with E-state index in [0.29, 0.717) is 6.54 Å². The predicted octanol–water partition coefficient (Wildman–Crippen LogP) is 0.578. The first-order valence-electron chi connectivity index (χ1n) is 3.78. The molecule has 0 amide bonds. The van der Waals surface area contributed by atoms with Crippen LogP contribution in [0.5, 0.6) is 0 Å². The van der Waals surface area contributed by atoms with E-state index in [1.54, 1.807) is 0 Å². The fourth-order valence-electron chi connectivity index (χ4n) is 0.753. The summed E-state index contributed by atoms with van der Waals surface area (Å²) in [5.74, 6) is 0. The van der Waals surface area contributed by atoms with Gasteiger partial charge in [0.05, 0.1) is 0 Å². The van der Waals surface area contributed by atoms with Crippen molar-refractivity contribution in [1.29, 1.82) is 0 Å². The van der Waals surface area contributed by atoms with Gasteiger partial charge in [-0.1, -0.05) is 26.2 Å². The van der Waals surface area contributed by atoms with Crippen molar-refractivity contribution in [2.75, 3.05) is 6.54 Å². The average molecular weight is 204 g/mol. The molecule has 0 aromatic heterocycles. The minimum atomic E-state index is -3.96. The monoisotopic (exact) mass is 204 g/mol. The molecule has 0 aromatic carbocycles. The quantitative estimate of drug-likeness (QED) is 0.378. The molecular formula is C6H15NNaO3S. The van der Waals surface area contributed by atoms with Crippen LogP contribution in [-0.4, -0.2) is 49.1 Å². The van der Waals surface area contributed by atoms with Crippen molar-refractivity contribution in [2.45, 2.75) is 32.6 Å². The fraction of sp³-hybridized carbons (Fsp3) is 1.00. The van der Waals surface area contributed by atoms with Crippen molar-refractivity contribution >= 4 is 39.9 Å². The zero-order valence-electron chi connectivity index (χ0n) is 7.71. The van der Waals surface area contributed by atoms with Crippen LogP contribution in [0.4, 0.5) is 0 Å². The van der Waals surface area contributed by atoms with Crippen LogP contribution in [0.15, 0.2) is 0 Å². The minimum absolute atomic E-state index is 0. The van der Waals surface area contributed by atoms with E-state index in [1.807, 2.05) is 4.72 Å². The van der Waals surface area contributed by atoms with Gasteiger partial charge in [-0.15, -0.1) is 0 Å². The summed E-state index contributed by atoms with van der Waals surface area (Å²) in [6.45, 7) is 2.41. The third kappa shape index (κ3) is 13.5. The van der Waals surface area contributed by atoms with E-state index in [2.05, 4.69) is 6.92 Å². The van der Waals surface area contributed by atoms with E-state index < -0.39 is 10.3 Å². The van der Waals surface area contributed by atoms with Crippen LogP contribution < -0.4 is 4.72 Å². The Kier molecular flexibility index (Phi) is 10.8. The molecule has 0 bridgehead atoms. The Morgan fingerprint density at radius 3 is 2.25 bits per heavy atom. The number of unbranched alkanes of at least 4 members (excludes halogenated alkanes) is 3. The molecule has 0 aliphatic heterocycles. The minimum Gasteiger partial charge on any atom is -0.273 e. The summed E-state index contributed by atoms with van der Waals surface area (Å²) in [4.78, 5) is 0. The van der Waals surface area contributed by atoms with Gasteiger partial charge in [-0.05, 0) is 6.42 Å². The SMILES string of the molecule is CCCCCCNS(=O)(=O)O.[Na]. The normalized spacial score (nSPS) is 10.8. The molecule has 0 aromatic rings. The van der Waals surface area contributed by atoms with Gasteiger partial charge in [-0.3, -0.25) is 4.55 Å². The molecule has 0 saturated heterocycles. The molecule has 69 valence electrons. The summed E-state index contributed by atoms with van der Waals surface area (Å²) in [5.41, 5.74) is 0. The topological polar surface area (TPSA) is 66.4 Å². The van der Waals surface area contributed by atoms with Gasteiger partial charge in [0.1, 0.15) is 0 Å². The molecule has 0 heterocycles. The summed E-state index contributed by atoms with van der Waals surface area (Å²) < 4.78 is 30.5. The van der Waals surface area contributed by atoms with Gasteiger partial charge in [0.25, 0.3) is 0 Å². The smallest absolute Gasteiger partial charge is 0.273 e. The molecule has 0 atom stereocenters. The maximum Gasteiger partial charge on any atom is 0.333 e. The zero-order valence-corrected chi connectivity index (χ0v) is 10.5. The van der Waals surface area contributed by atoms with Crippen LogP contribution in [0.3, 0.4) is 0 Å². The number of rotatable bonds is 6. The largest absolute Gasteiger partial charge is 0.333 e. The first-order valence-corrected chi connectivity index (χ1v) is 5.22. The number of hydrogen-bond donors (Lipinski definition) is 2. The average Bonchev–Trinajstić information content (AvgIpc) is 1.85. The van der Waals surface area contributed by atoms with Crippen molar-refractivity contribution in [2.24, 2.45) is 0 Å². The molecular weight excluding hydrogens is 189 g/mol. The summed E-state index contributed by atoms with van der Waals surface area (Å²) in [6, 6.07) is 0. The Balaban J connectivity index is 0. The Bertz CT molecular complexity index is 181. The Morgan fingerprint density at radius 1 is 1.25 bits per heavy atom. The van der Waals surface area contributed by atoms with Crippen LogP contribution >= 0.6 is 0 Å². The van der Waals surface area contributed by atoms with E-state index in [0.717, 1.165) is 25.7 Å². The van der Waals surface area contributed by atoms with Gasteiger partial charge in [0.2, 0.25) is 0 Å². The second-order valence-corrected chi connectivity index (χ2v) is 3.67. The molecule has 0 rings (SSSR count). The third-order valence-electron chi connectivity index (χ3n) is 1.31. The second kappa shape index (κ2) is 8.47. The first kappa shape index (κ1) is 15.3. The molecule has 0 unspecified atom stereocenters. The molecule has 4 nitrogen and oxygen atoms in total. The van der Waals surface area contributed by atoms with Crippen LogP contribution in [0.25, 0.3) is 0 Å². The summed E-state index contributed by atoms with van der Waals surface area (Å²) in [7, 11) is -3.96. The van der Waals surface area contributed by atoms with Gasteiger partial charge in [0, 0.05) is 36.1 Å². The number of hydrogen-bond acceptors (Lipinski definition) is 2. The Labute approximate surface area is 96.3 Å². The van der Waals surface area contributed by atoms with Gasteiger partial charge in [-0.2, -0.15) is 13.1 Å². The molecule has 1 radical (unpaired) electrons. The van der Waals surface area contributed by atoms with E-state index >= 15 is 0 Å². The molecule has 12 heavy (non-hydrogen) atoms. The van der Waals surface area contributed by atoms with Crippen LogP contribution in [0.1, 0.15) is 32.6 Å². The van der Waals surface area contributed by atoms with Gasteiger partial charge >= 0.3 is 10.3 Å². The van der Waals surface area contributed by atoms with E-state index in [9.17, 15) is 8.42 Å². The van der Waals surface area contributed by atoms with Crippen molar-refractivity contribution in [1.82, 2.24) is 4.72 Å². The van der Waals surface area contributed by atoms with Crippen molar-refractivity contribution in [3.63, 3.8) is 0 Å². The molecule has 0 spiro atoms. The molecule has 2 N–H and O–H groups in total. The van der Waals surface area contributed by atoms with Crippen LogP contribution in [0, 0.1) is 0 Å². The van der Waals surface area contributed by atoms with Crippen LogP contribution in [0.2, 0.25) is 0 Å². The molecule has 0 saturated carbocycles. The standard InChI is InChI=1S/C6H15NO3S.Na/c1-2-3-4-5-6-7-11(8,9)10;/h7H,2-6H2,1H3,(H,8,9,10);. The van der Waals surface area contributed by atoms with Crippen molar-refractivity contribution < 1.29 is 13.0 Å². The first-order chi connectivity index (χ1) is 5.06. The summed E-state index contributed by atoms with van der Waals surface area (Å²) >= 11 is 0. The van der Waals surface area contributed by atoms with Crippen molar-refractivity contribution in [3.8, 4) is 0 Å². The van der Waals surface area contributed by atoms with Gasteiger partial charge < -0.3 is 0 Å². The van der Waals surface area contributed by atoms with Crippen molar-refractivity contribution in [3.05, 3.63) is 0 Å². The zero-order chi connectivity index (χ0) is 8.74. The second-order valence-electron chi connectivity index (χ2n) is 2.43. The fourth-order valence-corrected chi connectivity index (χ4v) is 1.16. The number of nitrogens with one attached hydrogen (secondary N) is 1. The maximum atomic E-state index is 10.1. The van der Waals surface area contributed by atoms with E-state index in [1.165, 1.54) is 0 Å².